The van der Waals surface area contributed by atoms with Gasteiger partial charge in [0.15, 0.2) is 5.82 Å². The molecule has 132 valence electrons. The Bertz CT molecular complexity index is 950. The predicted molar refractivity (Wildman–Crippen MR) is 104 cm³/mol. The quantitative estimate of drug-likeness (QED) is 0.590. The van der Waals surface area contributed by atoms with Crippen LogP contribution in [-0.2, 0) is 4.79 Å². The molecule has 1 aromatic heterocycles. The lowest BCUT2D eigenvalue weighted by Gasteiger charge is -2.10. The summed E-state index contributed by atoms with van der Waals surface area (Å²) in [7, 11) is 0. The van der Waals surface area contributed by atoms with Gasteiger partial charge in [0.1, 0.15) is 0 Å². The Kier molecular flexibility index (Phi) is 5.50. The van der Waals surface area contributed by atoms with Gasteiger partial charge in [-0.15, -0.1) is 5.10 Å². The van der Waals surface area contributed by atoms with Crippen molar-refractivity contribution in [3.05, 3.63) is 58.7 Å². The van der Waals surface area contributed by atoms with Crippen LogP contribution in [0.4, 0.5) is 28.8 Å². The van der Waals surface area contributed by atoms with E-state index in [1.54, 1.807) is 36.4 Å². The number of nitrogens with one attached hydrogen (secondary N) is 3. The van der Waals surface area contributed by atoms with Crippen molar-refractivity contribution in [2.75, 3.05) is 16.0 Å². The Morgan fingerprint density at radius 3 is 2.65 bits per heavy atom. The van der Waals surface area contributed by atoms with Crippen LogP contribution in [0.15, 0.2) is 48.7 Å². The van der Waals surface area contributed by atoms with Gasteiger partial charge in [0, 0.05) is 23.3 Å². The largest absolute Gasteiger partial charge is 0.338 e. The molecular formula is C17H14Cl2N6O. The smallest absolute Gasteiger partial charge is 0.249 e. The van der Waals surface area contributed by atoms with Gasteiger partial charge in [-0.25, -0.2) is 0 Å². The fraction of sp³-hybridized carbons (Fsp3) is 0.0588. The maximum absolute atomic E-state index is 11.2. The van der Waals surface area contributed by atoms with Crippen LogP contribution in [0.25, 0.3) is 0 Å². The first-order valence-electron chi connectivity index (χ1n) is 7.56. The topological polar surface area (TPSA) is 91.8 Å². The van der Waals surface area contributed by atoms with Gasteiger partial charge in [-0.1, -0.05) is 29.3 Å². The molecule has 1 heterocycles. The highest BCUT2D eigenvalue weighted by Crippen LogP contribution is 2.28. The standard InChI is InChI=1S/C17H14Cl2N6O/c1-10(26)21-12-3-2-4-13(8-12)22-17-24-16(9-20-25-17)23-15-7-11(18)5-6-14(15)19/h2-9H,1H3,(H,21,26)(H2,22,23,24,25). The van der Waals surface area contributed by atoms with Crippen LogP contribution >= 0.6 is 23.2 Å². The second-order valence-corrected chi connectivity index (χ2v) is 6.15. The molecule has 0 fully saturated rings. The molecule has 3 N–H and O–H groups in total. The average Bonchev–Trinajstić information content (AvgIpc) is 2.58. The molecule has 0 aliphatic rings. The fourth-order valence-electron chi connectivity index (χ4n) is 2.16. The minimum absolute atomic E-state index is 0.148. The Hall–Kier alpha value is -2.90. The minimum atomic E-state index is -0.148. The summed E-state index contributed by atoms with van der Waals surface area (Å²) >= 11 is 12.1. The van der Waals surface area contributed by atoms with E-state index in [1.165, 1.54) is 13.1 Å². The molecule has 1 amide bonds. The van der Waals surface area contributed by atoms with Crippen molar-refractivity contribution in [1.82, 2.24) is 15.2 Å². The molecule has 0 aliphatic carbocycles. The number of amides is 1. The number of carbonyl (C=O) groups is 1. The molecule has 0 radical (unpaired) electrons. The van der Waals surface area contributed by atoms with Crippen molar-refractivity contribution in [3.63, 3.8) is 0 Å². The van der Waals surface area contributed by atoms with Crippen LogP contribution < -0.4 is 16.0 Å². The van der Waals surface area contributed by atoms with E-state index in [9.17, 15) is 4.79 Å². The molecule has 26 heavy (non-hydrogen) atoms. The SMILES string of the molecule is CC(=O)Nc1cccc(Nc2nncc(Nc3cc(Cl)ccc3Cl)n2)c1. The normalized spacial score (nSPS) is 10.3. The van der Waals surface area contributed by atoms with Crippen LogP contribution in [-0.4, -0.2) is 21.1 Å². The van der Waals surface area contributed by atoms with Gasteiger partial charge in [-0.3, -0.25) is 4.79 Å². The van der Waals surface area contributed by atoms with Crippen molar-refractivity contribution in [1.29, 1.82) is 0 Å². The zero-order chi connectivity index (χ0) is 18.5. The lowest BCUT2D eigenvalue weighted by molar-refractivity contribution is -0.114. The van der Waals surface area contributed by atoms with Gasteiger partial charge < -0.3 is 16.0 Å². The van der Waals surface area contributed by atoms with E-state index < -0.39 is 0 Å². The van der Waals surface area contributed by atoms with Crippen LogP contribution in [0.5, 0.6) is 0 Å². The highest BCUT2D eigenvalue weighted by molar-refractivity contribution is 6.35. The number of nitrogens with zero attached hydrogens (tertiary/aromatic N) is 3. The Labute approximate surface area is 159 Å². The molecule has 0 saturated heterocycles. The first-order chi connectivity index (χ1) is 12.5. The molecule has 3 rings (SSSR count). The van der Waals surface area contributed by atoms with Crippen molar-refractivity contribution in [2.45, 2.75) is 6.92 Å². The maximum atomic E-state index is 11.2. The summed E-state index contributed by atoms with van der Waals surface area (Å²) in [5.41, 5.74) is 1.98. The lowest BCUT2D eigenvalue weighted by Crippen LogP contribution is -2.06. The van der Waals surface area contributed by atoms with E-state index in [-0.39, 0.29) is 11.9 Å². The summed E-state index contributed by atoms with van der Waals surface area (Å²) in [5, 5.41) is 17.7. The molecule has 0 spiro atoms. The number of rotatable bonds is 5. The number of hydrogen-bond acceptors (Lipinski definition) is 6. The van der Waals surface area contributed by atoms with Crippen LogP contribution in [0, 0.1) is 0 Å². The monoisotopic (exact) mass is 388 g/mol. The highest BCUT2D eigenvalue weighted by Gasteiger charge is 2.06. The first-order valence-corrected chi connectivity index (χ1v) is 8.32. The lowest BCUT2D eigenvalue weighted by atomic mass is 10.3. The Balaban J connectivity index is 1.77. The van der Waals surface area contributed by atoms with E-state index in [0.717, 1.165) is 0 Å². The van der Waals surface area contributed by atoms with Gasteiger partial charge in [0.2, 0.25) is 11.9 Å². The second kappa shape index (κ2) is 7.99. The van der Waals surface area contributed by atoms with Crippen molar-refractivity contribution in [3.8, 4) is 0 Å². The van der Waals surface area contributed by atoms with Gasteiger partial charge in [-0.2, -0.15) is 10.1 Å². The van der Waals surface area contributed by atoms with E-state index in [0.29, 0.717) is 32.9 Å². The maximum Gasteiger partial charge on any atom is 0.249 e. The fourth-order valence-corrected chi connectivity index (χ4v) is 2.49. The summed E-state index contributed by atoms with van der Waals surface area (Å²) < 4.78 is 0. The second-order valence-electron chi connectivity index (χ2n) is 5.30. The summed E-state index contributed by atoms with van der Waals surface area (Å²) in [6.07, 6.45) is 1.47. The molecule has 7 nitrogen and oxygen atoms in total. The molecule has 9 heteroatoms. The average molecular weight is 389 g/mol. The summed E-state index contributed by atoms with van der Waals surface area (Å²) in [5.74, 6) is 0.586. The predicted octanol–water partition coefficient (Wildman–Crippen LogP) is 4.62. The Morgan fingerprint density at radius 2 is 1.85 bits per heavy atom. The first kappa shape index (κ1) is 17.9. The highest BCUT2D eigenvalue weighted by atomic mass is 35.5. The molecule has 0 aliphatic heterocycles. The van der Waals surface area contributed by atoms with Gasteiger partial charge in [-0.05, 0) is 36.4 Å². The van der Waals surface area contributed by atoms with E-state index in [2.05, 4.69) is 31.1 Å². The number of carbonyl (C=O) groups excluding carboxylic acids is 1. The summed E-state index contributed by atoms with van der Waals surface area (Å²) in [4.78, 5) is 15.5. The minimum Gasteiger partial charge on any atom is -0.338 e. The molecule has 0 saturated carbocycles. The van der Waals surface area contributed by atoms with Crippen LogP contribution in [0.1, 0.15) is 6.92 Å². The van der Waals surface area contributed by atoms with E-state index >= 15 is 0 Å². The molecule has 3 aromatic rings. The zero-order valence-electron chi connectivity index (χ0n) is 13.6. The summed E-state index contributed by atoms with van der Waals surface area (Å²) in [6.45, 7) is 1.45. The van der Waals surface area contributed by atoms with E-state index in [1.807, 2.05) is 6.07 Å². The van der Waals surface area contributed by atoms with Crippen molar-refractivity contribution < 1.29 is 4.79 Å². The molecular weight excluding hydrogens is 375 g/mol. The third-order valence-corrected chi connectivity index (χ3v) is 3.75. The number of anilines is 5. The number of hydrogen-bond donors (Lipinski definition) is 3. The van der Waals surface area contributed by atoms with Crippen molar-refractivity contribution in [2.24, 2.45) is 0 Å². The van der Waals surface area contributed by atoms with Crippen LogP contribution in [0.2, 0.25) is 10.0 Å². The molecule has 2 aromatic carbocycles. The number of benzene rings is 2. The third kappa shape index (κ3) is 4.81. The molecule has 0 bridgehead atoms. The van der Waals surface area contributed by atoms with E-state index in [4.69, 9.17) is 23.2 Å². The molecule has 0 atom stereocenters. The van der Waals surface area contributed by atoms with Crippen molar-refractivity contribution >= 4 is 57.9 Å². The Morgan fingerprint density at radius 1 is 1.04 bits per heavy atom. The third-order valence-electron chi connectivity index (χ3n) is 3.19. The summed E-state index contributed by atoms with van der Waals surface area (Å²) in [6, 6.07) is 12.2. The van der Waals surface area contributed by atoms with Crippen LogP contribution in [0.3, 0.4) is 0 Å². The van der Waals surface area contributed by atoms with Gasteiger partial charge in [0.25, 0.3) is 0 Å². The zero-order valence-corrected chi connectivity index (χ0v) is 15.1. The number of aromatic nitrogens is 3. The molecule has 0 unspecified atom stereocenters. The number of halogens is 2. The van der Waals surface area contributed by atoms with Gasteiger partial charge >= 0.3 is 0 Å². The van der Waals surface area contributed by atoms with Gasteiger partial charge in [0.05, 0.1) is 16.9 Å².